The Labute approximate surface area is 121 Å². The predicted octanol–water partition coefficient (Wildman–Crippen LogP) is 1.43. The van der Waals surface area contributed by atoms with E-state index in [-0.39, 0.29) is 11.3 Å². The number of hydrogen-bond acceptors (Lipinski definition) is 5. The number of carbonyl (C=O) groups is 2. The molecule has 0 aliphatic carbocycles. The lowest BCUT2D eigenvalue weighted by atomic mass is 10.1. The number of aromatic nitrogens is 1. The van der Waals surface area contributed by atoms with Gasteiger partial charge >= 0.3 is 5.97 Å². The molecule has 0 saturated heterocycles. The zero-order valence-electron chi connectivity index (χ0n) is 11.3. The van der Waals surface area contributed by atoms with Crippen LogP contribution in [0.3, 0.4) is 0 Å². The molecule has 0 fully saturated rings. The molecule has 1 aromatic carbocycles. The van der Waals surface area contributed by atoms with Crippen molar-refractivity contribution in [1.29, 1.82) is 0 Å². The van der Waals surface area contributed by atoms with E-state index in [9.17, 15) is 14.7 Å². The second-order valence-corrected chi connectivity index (χ2v) is 4.23. The fourth-order valence-corrected chi connectivity index (χ4v) is 1.83. The van der Waals surface area contributed by atoms with Gasteiger partial charge in [0.05, 0.1) is 18.9 Å². The van der Waals surface area contributed by atoms with Gasteiger partial charge in [-0.05, 0) is 11.6 Å². The normalized spacial score (nSPS) is 11.5. The van der Waals surface area contributed by atoms with Gasteiger partial charge in [0, 0.05) is 6.20 Å². The second kappa shape index (κ2) is 6.51. The van der Waals surface area contributed by atoms with Crippen molar-refractivity contribution in [2.45, 2.75) is 6.04 Å². The number of rotatable bonds is 4. The van der Waals surface area contributed by atoms with Crippen molar-refractivity contribution in [3.8, 4) is 5.75 Å². The van der Waals surface area contributed by atoms with Crippen molar-refractivity contribution >= 4 is 11.9 Å². The van der Waals surface area contributed by atoms with Crippen LogP contribution in [0.15, 0.2) is 48.8 Å². The fourth-order valence-electron chi connectivity index (χ4n) is 1.83. The largest absolute Gasteiger partial charge is 0.505 e. The number of aromatic hydroxyl groups is 1. The molecule has 2 aromatic rings. The summed E-state index contributed by atoms with van der Waals surface area (Å²) in [6, 6.07) is 9.13. The van der Waals surface area contributed by atoms with Crippen LogP contribution in [-0.2, 0) is 9.53 Å². The summed E-state index contributed by atoms with van der Waals surface area (Å²) in [5.74, 6) is -1.44. The van der Waals surface area contributed by atoms with E-state index in [1.165, 1.54) is 19.4 Å². The molecule has 2 N–H and O–H groups in total. The van der Waals surface area contributed by atoms with E-state index in [4.69, 9.17) is 4.74 Å². The Hall–Kier alpha value is -2.89. The lowest BCUT2D eigenvalue weighted by molar-refractivity contribution is -0.143. The number of amides is 1. The maximum atomic E-state index is 12.2. The highest BCUT2D eigenvalue weighted by atomic mass is 16.5. The number of nitrogens with zero attached hydrogens (tertiary/aromatic N) is 1. The van der Waals surface area contributed by atoms with Gasteiger partial charge in [0.1, 0.15) is 5.75 Å². The fraction of sp³-hybridized carbons (Fsp3) is 0.133. The minimum absolute atomic E-state index is 0.0369. The Kier molecular flexibility index (Phi) is 4.50. The third-order valence-corrected chi connectivity index (χ3v) is 2.89. The number of carbonyl (C=O) groups excluding carboxylic acids is 2. The standard InChI is InChI=1S/C15H14N2O4/c1-21-15(20)13(10-5-3-2-4-6-10)17-14(19)11-7-8-16-9-12(11)18/h2-9,13,18H,1H3,(H,17,19). The van der Waals surface area contributed by atoms with Crippen molar-refractivity contribution in [2.75, 3.05) is 7.11 Å². The van der Waals surface area contributed by atoms with Crippen LogP contribution in [0.5, 0.6) is 5.75 Å². The Balaban J connectivity index is 2.26. The molecule has 21 heavy (non-hydrogen) atoms. The van der Waals surface area contributed by atoms with Crippen LogP contribution in [0.25, 0.3) is 0 Å². The molecule has 1 unspecified atom stereocenters. The van der Waals surface area contributed by atoms with E-state index in [2.05, 4.69) is 10.3 Å². The minimum atomic E-state index is -0.948. The predicted molar refractivity (Wildman–Crippen MR) is 74.6 cm³/mol. The number of ether oxygens (including phenoxy) is 1. The lowest BCUT2D eigenvalue weighted by Crippen LogP contribution is -2.34. The summed E-state index contributed by atoms with van der Waals surface area (Å²) in [5, 5.41) is 12.2. The maximum absolute atomic E-state index is 12.2. The van der Waals surface area contributed by atoms with Gasteiger partial charge in [-0.15, -0.1) is 0 Å². The van der Waals surface area contributed by atoms with Crippen molar-refractivity contribution in [3.05, 3.63) is 59.9 Å². The number of hydrogen-bond donors (Lipinski definition) is 2. The number of esters is 1. The summed E-state index contributed by atoms with van der Waals surface area (Å²) >= 11 is 0. The Bertz CT molecular complexity index is 643. The molecular formula is C15H14N2O4. The molecule has 1 amide bonds. The monoisotopic (exact) mass is 286 g/mol. The Morgan fingerprint density at radius 3 is 2.57 bits per heavy atom. The molecule has 1 atom stereocenters. The third kappa shape index (κ3) is 3.36. The number of benzene rings is 1. The highest BCUT2D eigenvalue weighted by molar-refractivity contribution is 5.99. The molecule has 1 heterocycles. The highest BCUT2D eigenvalue weighted by Gasteiger charge is 2.24. The Morgan fingerprint density at radius 1 is 1.24 bits per heavy atom. The zero-order valence-corrected chi connectivity index (χ0v) is 11.3. The van der Waals surface area contributed by atoms with Crippen LogP contribution in [0.2, 0.25) is 0 Å². The molecule has 0 bridgehead atoms. The van der Waals surface area contributed by atoms with Crippen LogP contribution in [0.1, 0.15) is 22.0 Å². The maximum Gasteiger partial charge on any atom is 0.333 e. The van der Waals surface area contributed by atoms with Gasteiger partial charge in [0.2, 0.25) is 0 Å². The van der Waals surface area contributed by atoms with Crippen LogP contribution < -0.4 is 5.32 Å². The van der Waals surface area contributed by atoms with Gasteiger partial charge in [-0.3, -0.25) is 9.78 Å². The average molecular weight is 286 g/mol. The molecule has 2 rings (SSSR count). The van der Waals surface area contributed by atoms with E-state index in [1.807, 2.05) is 0 Å². The van der Waals surface area contributed by atoms with Gasteiger partial charge in [-0.1, -0.05) is 30.3 Å². The number of nitrogens with one attached hydrogen (secondary N) is 1. The van der Waals surface area contributed by atoms with E-state index in [0.717, 1.165) is 6.20 Å². The Morgan fingerprint density at radius 2 is 1.95 bits per heavy atom. The molecule has 6 heteroatoms. The smallest absolute Gasteiger partial charge is 0.333 e. The quantitative estimate of drug-likeness (QED) is 0.830. The van der Waals surface area contributed by atoms with E-state index >= 15 is 0 Å². The molecule has 6 nitrogen and oxygen atoms in total. The van der Waals surface area contributed by atoms with Crippen molar-refractivity contribution < 1.29 is 19.4 Å². The van der Waals surface area contributed by atoms with Crippen molar-refractivity contribution in [1.82, 2.24) is 10.3 Å². The third-order valence-electron chi connectivity index (χ3n) is 2.89. The van der Waals surface area contributed by atoms with Crippen molar-refractivity contribution in [2.24, 2.45) is 0 Å². The van der Waals surface area contributed by atoms with E-state index in [1.54, 1.807) is 30.3 Å². The van der Waals surface area contributed by atoms with E-state index < -0.39 is 17.9 Å². The molecule has 0 aliphatic heterocycles. The molecule has 1 aromatic heterocycles. The van der Waals surface area contributed by atoms with Crippen molar-refractivity contribution in [3.63, 3.8) is 0 Å². The topological polar surface area (TPSA) is 88.5 Å². The number of methoxy groups -OCH3 is 1. The van der Waals surface area contributed by atoms with E-state index in [0.29, 0.717) is 5.56 Å². The lowest BCUT2D eigenvalue weighted by Gasteiger charge is -2.17. The van der Waals surface area contributed by atoms with Gasteiger partial charge < -0.3 is 15.2 Å². The summed E-state index contributed by atoms with van der Waals surface area (Å²) < 4.78 is 4.71. The van der Waals surface area contributed by atoms with Gasteiger partial charge in [-0.2, -0.15) is 0 Å². The van der Waals surface area contributed by atoms with Crippen LogP contribution in [0, 0.1) is 0 Å². The molecular weight excluding hydrogens is 272 g/mol. The summed E-state index contributed by atoms with van der Waals surface area (Å²) in [6.45, 7) is 0. The van der Waals surface area contributed by atoms with Gasteiger partial charge in [0.25, 0.3) is 5.91 Å². The second-order valence-electron chi connectivity index (χ2n) is 4.23. The minimum Gasteiger partial charge on any atom is -0.505 e. The summed E-state index contributed by atoms with van der Waals surface area (Å²) in [4.78, 5) is 27.7. The van der Waals surface area contributed by atoms with Gasteiger partial charge in [0.15, 0.2) is 6.04 Å². The SMILES string of the molecule is COC(=O)C(NC(=O)c1ccncc1O)c1ccccc1. The van der Waals surface area contributed by atoms with Gasteiger partial charge in [-0.25, -0.2) is 4.79 Å². The first-order chi connectivity index (χ1) is 10.1. The molecule has 0 spiro atoms. The average Bonchev–Trinajstić information content (AvgIpc) is 2.53. The molecule has 0 aliphatic rings. The summed E-state index contributed by atoms with van der Waals surface area (Å²) in [5.41, 5.74) is 0.626. The molecule has 0 saturated carbocycles. The van der Waals surface area contributed by atoms with Crippen LogP contribution >= 0.6 is 0 Å². The first-order valence-corrected chi connectivity index (χ1v) is 6.20. The zero-order chi connectivity index (χ0) is 15.2. The van der Waals surface area contributed by atoms with Crippen LogP contribution in [-0.4, -0.2) is 29.1 Å². The number of pyridine rings is 1. The first kappa shape index (κ1) is 14.5. The highest BCUT2D eigenvalue weighted by Crippen LogP contribution is 2.18. The summed E-state index contributed by atoms with van der Waals surface area (Å²) in [7, 11) is 1.24. The van der Waals surface area contributed by atoms with Crippen LogP contribution in [0.4, 0.5) is 0 Å². The first-order valence-electron chi connectivity index (χ1n) is 6.20. The summed E-state index contributed by atoms with van der Waals surface area (Å²) in [6.07, 6.45) is 2.54. The molecule has 0 radical (unpaired) electrons. The molecule has 108 valence electrons.